The molecule has 26 heavy (non-hydrogen) atoms. The van der Waals surface area contributed by atoms with Gasteiger partial charge in [-0.1, -0.05) is 35.5 Å². The van der Waals surface area contributed by atoms with Crippen molar-refractivity contribution >= 4 is 6.29 Å². The molecule has 1 atom stereocenters. The number of aldehydes is 1. The van der Waals surface area contributed by atoms with Crippen molar-refractivity contribution in [3.05, 3.63) is 60.1 Å². The Morgan fingerprint density at radius 3 is 2.88 bits per heavy atom. The molecular formula is C19H20N4O3. The standard InChI is InChI=1S/C19H20N4O3/c24-12-14-9-20-23(11-14)10-13-6-16(7-13)21-19(25)18-8-17(22-26-18)15-4-2-1-3-5-15/h1-5,8-9,11-13,16,19,21,25H,6-7,10H2/t13-,16+,19?. The Labute approximate surface area is 150 Å². The van der Waals surface area contributed by atoms with E-state index in [1.165, 1.54) is 0 Å². The molecule has 0 bridgehead atoms. The van der Waals surface area contributed by atoms with Gasteiger partial charge in [0.2, 0.25) is 0 Å². The monoisotopic (exact) mass is 352 g/mol. The second-order valence-electron chi connectivity index (χ2n) is 6.70. The summed E-state index contributed by atoms with van der Waals surface area (Å²) >= 11 is 0. The summed E-state index contributed by atoms with van der Waals surface area (Å²) in [5.41, 5.74) is 2.25. The van der Waals surface area contributed by atoms with Gasteiger partial charge in [-0.2, -0.15) is 5.10 Å². The Morgan fingerprint density at radius 1 is 1.35 bits per heavy atom. The maximum atomic E-state index is 10.7. The lowest BCUT2D eigenvalue weighted by Crippen LogP contribution is -2.44. The molecule has 1 aliphatic carbocycles. The predicted octanol–water partition coefficient (Wildman–Crippen LogP) is 2.41. The van der Waals surface area contributed by atoms with Gasteiger partial charge in [0.1, 0.15) is 5.69 Å². The first-order valence-electron chi connectivity index (χ1n) is 8.65. The van der Waals surface area contributed by atoms with Crippen molar-refractivity contribution in [3.63, 3.8) is 0 Å². The van der Waals surface area contributed by atoms with Gasteiger partial charge in [-0.3, -0.25) is 14.8 Å². The van der Waals surface area contributed by atoms with Crippen LogP contribution in [0.15, 0.2) is 53.3 Å². The maximum Gasteiger partial charge on any atom is 0.180 e. The van der Waals surface area contributed by atoms with E-state index in [1.807, 2.05) is 30.3 Å². The van der Waals surface area contributed by atoms with Crippen molar-refractivity contribution in [2.24, 2.45) is 5.92 Å². The molecule has 1 aromatic carbocycles. The van der Waals surface area contributed by atoms with E-state index in [0.29, 0.717) is 22.9 Å². The highest BCUT2D eigenvalue weighted by Gasteiger charge is 2.31. The SMILES string of the molecule is O=Cc1cnn(C[C@H]2C[C@@H](NC(O)c3cc(-c4ccccc4)no3)C2)c1. The van der Waals surface area contributed by atoms with E-state index < -0.39 is 6.23 Å². The molecule has 7 heteroatoms. The number of carbonyl (C=O) groups is 1. The van der Waals surface area contributed by atoms with Gasteiger partial charge in [0.25, 0.3) is 0 Å². The highest BCUT2D eigenvalue weighted by Crippen LogP contribution is 2.31. The van der Waals surface area contributed by atoms with Crippen LogP contribution in [-0.2, 0) is 6.54 Å². The number of hydrogen-bond acceptors (Lipinski definition) is 6. The molecule has 1 saturated carbocycles. The van der Waals surface area contributed by atoms with Gasteiger partial charge < -0.3 is 9.63 Å². The predicted molar refractivity (Wildman–Crippen MR) is 94.2 cm³/mol. The summed E-state index contributed by atoms with van der Waals surface area (Å²) in [6.45, 7) is 0.780. The minimum Gasteiger partial charge on any atom is -0.371 e. The zero-order valence-electron chi connectivity index (χ0n) is 14.2. The van der Waals surface area contributed by atoms with E-state index in [2.05, 4.69) is 15.6 Å². The molecule has 2 N–H and O–H groups in total. The second-order valence-corrected chi connectivity index (χ2v) is 6.70. The first kappa shape index (κ1) is 16.7. The molecule has 1 fully saturated rings. The van der Waals surface area contributed by atoms with Gasteiger partial charge in [-0.25, -0.2) is 0 Å². The van der Waals surface area contributed by atoms with Crippen molar-refractivity contribution in [1.29, 1.82) is 0 Å². The van der Waals surface area contributed by atoms with Crippen LogP contribution in [0.5, 0.6) is 0 Å². The van der Waals surface area contributed by atoms with Gasteiger partial charge in [-0.05, 0) is 18.8 Å². The third-order valence-corrected chi connectivity index (χ3v) is 4.73. The fraction of sp³-hybridized carbons (Fsp3) is 0.316. The van der Waals surface area contributed by atoms with Gasteiger partial charge in [-0.15, -0.1) is 0 Å². The molecule has 1 aliphatic rings. The molecule has 1 unspecified atom stereocenters. The molecule has 0 radical (unpaired) electrons. The maximum absolute atomic E-state index is 10.7. The van der Waals surface area contributed by atoms with Crippen molar-refractivity contribution in [1.82, 2.24) is 20.3 Å². The number of nitrogens with zero attached hydrogens (tertiary/aromatic N) is 3. The van der Waals surface area contributed by atoms with E-state index in [-0.39, 0.29) is 6.04 Å². The number of aliphatic hydroxyl groups excluding tert-OH is 1. The van der Waals surface area contributed by atoms with Crippen LogP contribution >= 0.6 is 0 Å². The number of nitrogens with one attached hydrogen (secondary N) is 1. The minimum atomic E-state index is -0.878. The lowest BCUT2D eigenvalue weighted by atomic mass is 9.80. The van der Waals surface area contributed by atoms with E-state index in [1.54, 1.807) is 23.1 Å². The van der Waals surface area contributed by atoms with E-state index in [0.717, 1.165) is 31.2 Å². The zero-order chi connectivity index (χ0) is 17.9. The molecule has 7 nitrogen and oxygen atoms in total. The normalized spacial score (nSPS) is 20.5. The third-order valence-electron chi connectivity index (χ3n) is 4.73. The van der Waals surface area contributed by atoms with Crippen LogP contribution in [0.2, 0.25) is 0 Å². The van der Waals surface area contributed by atoms with Crippen molar-refractivity contribution in [2.75, 3.05) is 0 Å². The Hall–Kier alpha value is -2.77. The first-order chi connectivity index (χ1) is 12.7. The Bertz CT molecular complexity index is 868. The third kappa shape index (κ3) is 3.58. The van der Waals surface area contributed by atoms with Crippen LogP contribution in [0.3, 0.4) is 0 Å². The smallest absolute Gasteiger partial charge is 0.180 e. The summed E-state index contributed by atoms with van der Waals surface area (Å²) in [6, 6.07) is 11.7. The lowest BCUT2D eigenvalue weighted by molar-refractivity contribution is 0.0587. The van der Waals surface area contributed by atoms with Crippen molar-refractivity contribution in [2.45, 2.75) is 31.7 Å². The molecule has 3 aromatic rings. The number of carbonyl (C=O) groups excluding carboxylic acids is 1. The number of benzene rings is 1. The topological polar surface area (TPSA) is 93.2 Å². The summed E-state index contributed by atoms with van der Waals surface area (Å²) in [5.74, 6) is 0.892. The summed E-state index contributed by atoms with van der Waals surface area (Å²) in [7, 11) is 0. The van der Waals surface area contributed by atoms with Crippen LogP contribution in [-0.4, -0.2) is 32.4 Å². The van der Waals surface area contributed by atoms with Crippen LogP contribution in [0.1, 0.15) is 35.2 Å². The largest absolute Gasteiger partial charge is 0.371 e. The molecule has 2 heterocycles. The molecule has 0 amide bonds. The average molecular weight is 352 g/mol. The fourth-order valence-electron chi connectivity index (χ4n) is 3.29. The van der Waals surface area contributed by atoms with Crippen LogP contribution < -0.4 is 5.32 Å². The van der Waals surface area contributed by atoms with Gasteiger partial charge in [0, 0.05) is 30.4 Å². The number of aliphatic hydroxyl groups is 1. The molecule has 4 rings (SSSR count). The van der Waals surface area contributed by atoms with Crippen LogP contribution in [0, 0.1) is 5.92 Å². The van der Waals surface area contributed by atoms with Gasteiger partial charge in [0.05, 0.1) is 11.8 Å². The summed E-state index contributed by atoms with van der Waals surface area (Å²) < 4.78 is 7.07. The molecular weight excluding hydrogens is 332 g/mol. The number of hydrogen-bond donors (Lipinski definition) is 2. The average Bonchev–Trinajstić information content (AvgIpc) is 3.30. The highest BCUT2D eigenvalue weighted by atomic mass is 16.5. The Kier molecular flexibility index (Phi) is 4.64. The quantitative estimate of drug-likeness (QED) is 0.501. The van der Waals surface area contributed by atoms with Gasteiger partial charge in [0.15, 0.2) is 18.3 Å². The van der Waals surface area contributed by atoms with Crippen molar-refractivity contribution in [3.8, 4) is 11.3 Å². The van der Waals surface area contributed by atoms with E-state index in [4.69, 9.17) is 4.52 Å². The molecule has 134 valence electrons. The molecule has 0 aliphatic heterocycles. The fourth-order valence-corrected chi connectivity index (χ4v) is 3.29. The summed E-state index contributed by atoms with van der Waals surface area (Å²) in [4.78, 5) is 10.7. The molecule has 0 spiro atoms. The molecule has 0 saturated heterocycles. The number of aromatic nitrogens is 3. The highest BCUT2D eigenvalue weighted by molar-refractivity contribution is 5.73. The van der Waals surface area contributed by atoms with E-state index >= 15 is 0 Å². The Morgan fingerprint density at radius 2 is 2.15 bits per heavy atom. The van der Waals surface area contributed by atoms with E-state index in [9.17, 15) is 9.90 Å². The number of rotatable bonds is 7. The summed E-state index contributed by atoms with van der Waals surface area (Å²) in [6.07, 6.45) is 5.12. The summed E-state index contributed by atoms with van der Waals surface area (Å²) in [5, 5.41) is 21.7. The van der Waals surface area contributed by atoms with Crippen LogP contribution in [0.25, 0.3) is 11.3 Å². The minimum absolute atomic E-state index is 0.223. The second kappa shape index (κ2) is 7.23. The van der Waals surface area contributed by atoms with Crippen LogP contribution in [0.4, 0.5) is 0 Å². The lowest BCUT2D eigenvalue weighted by Gasteiger charge is -2.36. The van der Waals surface area contributed by atoms with Gasteiger partial charge >= 0.3 is 0 Å². The van der Waals surface area contributed by atoms with Crippen molar-refractivity contribution < 1.29 is 14.4 Å². The molecule has 2 aromatic heterocycles. The zero-order valence-corrected chi connectivity index (χ0v) is 14.2. The first-order valence-corrected chi connectivity index (χ1v) is 8.65. The Balaban J connectivity index is 1.28.